The van der Waals surface area contributed by atoms with Gasteiger partial charge in [-0.2, -0.15) is 0 Å². The van der Waals surface area contributed by atoms with Crippen LogP contribution in [0, 0.1) is 12.3 Å². The second-order valence-electron chi connectivity index (χ2n) is 3.75. The molecule has 2 atom stereocenters. The Balaban J connectivity index is 4.24. The SMILES string of the molecule is C#CCC(C)NC(=O)NC(CCC(=O)O)C(=O)O. The van der Waals surface area contributed by atoms with E-state index in [1.54, 1.807) is 6.92 Å². The number of terminal acetylenes is 1. The molecule has 0 aliphatic carbocycles. The number of carbonyl (C=O) groups excluding carboxylic acids is 1. The molecule has 7 heteroatoms. The fourth-order valence-electron chi connectivity index (χ4n) is 1.18. The highest BCUT2D eigenvalue weighted by molar-refractivity contribution is 5.83. The van der Waals surface area contributed by atoms with Crippen LogP contribution in [0.25, 0.3) is 0 Å². The molecule has 4 N–H and O–H groups in total. The summed E-state index contributed by atoms with van der Waals surface area (Å²) in [7, 11) is 0. The monoisotopic (exact) mass is 256 g/mol. The van der Waals surface area contributed by atoms with Crippen LogP contribution in [0.4, 0.5) is 4.79 Å². The van der Waals surface area contributed by atoms with E-state index in [0.717, 1.165) is 0 Å². The molecule has 0 radical (unpaired) electrons. The molecule has 7 nitrogen and oxygen atoms in total. The van der Waals surface area contributed by atoms with Crippen LogP contribution < -0.4 is 10.6 Å². The minimum absolute atomic E-state index is 0.179. The van der Waals surface area contributed by atoms with Gasteiger partial charge in [-0.3, -0.25) is 4.79 Å². The number of hydrogen-bond donors (Lipinski definition) is 4. The Labute approximate surface area is 105 Å². The molecule has 100 valence electrons. The number of carboxylic acids is 2. The van der Waals surface area contributed by atoms with E-state index >= 15 is 0 Å². The number of amides is 2. The van der Waals surface area contributed by atoms with E-state index in [4.69, 9.17) is 16.6 Å². The largest absolute Gasteiger partial charge is 0.481 e. The van der Waals surface area contributed by atoms with Gasteiger partial charge in [-0.25, -0.2) is 9.59 Å². The second-order valence-corrected chi connectivity index (χ2v) is 3.75. The maximum atomic E-state index is 11.4. The van der Waals surface area contributed by atoms with E-state index in [9.17, 15) is 14.4 Å². The maximum absolute atomic E-state index is 11.4. The summed E-state index contributed by atoms with van der Waals surface area (Å²) in [5.74, 6) is -0.0502. The molecule has 0 heterocycles. The average Bonchev–Trinajstić information content (AvgIpc) is 2.23. The fourth-order valence-corrected chi connectivity index (χ4v) is 1.18. The Hall–Kier alpha value is -2.23. The van der Waals surface area contributed by atoms with Crippen molar-refractivity contribution in [2.45, 2.75) is 38.3 Å². The fraction of sp³-hybridized carbons (Fsp3) is 0.545. The summed E-state index contributed by atoms with van der Waals surface area (Å²) in [5, 5.41) is 21.9. The molecule has 0 spiro atoms. The zero-order chi connectivity index (χ0) is 14.1. The third-order valence-corrected chi connectivity index (χ3v) is 2.05. The van der Waals surface area contributed by atoms with Crippen molar-refractivity contribution in [1.29, 1.82) is 0 Å². The molecule has 2 unspecified atom stereocenters. The lowest BCUT2D eigenvalue weighted by atomic mass is 10.1. The lowest BCUT2D eigenvalue weighted by Gasteiger charge is -2.16. The van der Waals surface area contributed by atoms with Gasteiger partial charge in [0.05, 0.1) is 0 Å². The van der Waals surface area contributed by atoms with Gasteiger partial charge in [0, 0.05) is 18.9 Å². The summed E-state index contributed by atoms with van der Waals surface area (Å²) >= 11 is 0. The summed E-state index contributed by atoms with van der Waals surface area (Å²) in [5.41, 5.74) is 0. The van der Waals surface area contributed by atoms with E-state index < -0.39 is 24.0 Å². The molecule has 0 aliphatic rings. The molecule has 0 aromatic heterocycles. The van der Waals surface area contributed by atoms with Gasteiger partial charge in [-0.05, 0) is 13.3 Å². The highest BCUT2D eigenvalue weighted by atomic mass is 16.4. The second kappa shape index (κ2) is 7.95. The topological polar surface area (TPSA) is 116 Å². The first-order valence-corrected chi connectivity index (χ1v) is 5.32. The van der Waals surface area contributed by atoms with E-state index in [2.05, 4.69) is 16.6 Å². The lowest BCUT2D eigenvalue weighted by Crippen LogP contribution is -2.48. The van der Waals surface area contributed by atoms with Crippen molar-refractivity contribution in [1.82, 2.24) is 10.6 Å². The first-order valence-electron chi connectivity index (χ1n) is 5.32. The molecule has 0 aliphatic heterocycles. The molecule has 0 fully saturated rings. The van der Waals surface area contributed by atoms with E-state index in [0.29, 0.717) is 6.42 Å². The van der Waals surface area contributed by atoms with Crippen LogP contribution in [0.2, 0.25) is 0 Å². The zero-order valence-corrected chi connectivity index (χ0v) is 9.97. The average molecular weight is 256 g/mol. The standard InChI is InChI=1S/C11H16N2O5/c1-3-4-7(2)12-11(18)13-8(10(16)17)5-6-9(14)15/h1,7-8H,4-6H2,2H3,(H,14,15)(H,16,17)(H2,12,13,18). The van der Waals surface area contributed by atoms with Gasteiger partial charge in [0.2, 0.25) is 0 Å². The summed E-state index contributed by atoms with van der Waals surface area (Å²) in [4.78, 5) is 32.5. The van der Waals surface area contributed by atoms with Gasteiger partial charge in [-0.1, -0.05) is 0 Å². The summed E-state index contributed by atoms with van der Waals surface area (Å²) < 4.78 is 0. The number of urea groups is 1. The van der Waals surface area contributed by atoms with Crippen LogP contribution in [-0.4, -0.2) is 40.3 Å². The minimum atomic E-state index is -1.28. The Morgan fingerprint density at radius 1 is 1.28 bits per heavy atom. The van der Waals surface area contributed by atoms with Gasteiger partial charge in [0.25, 0.3) is 0 Å². The Bertz CT molecular complexity index is 361. The molecule has 0 rings (SSSR count). The lowest BCUT2D eigenvalue weighted by molar-refractivity contribution is -0.140. The van der Waals surface area contributed by atoms with Crippen molar-refractivity contribution in [3.05, 3.63) is 0 Å². The van der Waals surface area contributed by atoms with Crippen LogP contribution in [-0.2, 0) is 9.59 Å². The highest BCUT2D eigenvalue weighted by Gasteiger charge is 2.21. The smallest absolute Gasteiger partial charge is 0.326 e. The van der Waals surface area contributed by atoms with Crippen molar-refractivity contribution in [3.8, 4) is 12.3 Å². The third-order valence-electron chi connectivity index (χ3n) is 2.05. The number of nitrogens with one attached hydrogen (secondary N) is 2. The Kier molecular flexibility index (Phi) is 6.96. The third kappa shape index (κ3) is 7.11. The number of carbonyl (C=O) groups is 3. The van der Waals surface area contributed by atoms with Crippen LogP contribution in [0.3, 0.4) is 0 Å². The molecular weight excluding hydrogens is 240 g/mol. The predicted octanol–water partition coefficient (Wildman–Crippen LogP) is 0.0154. The summed E-state index contributed by atoms with van der Waals surface area (Å²) in [6.07, 6.45) is 4.86. The van der Waals surface area contributed by atoms with Crippen molar-refractivity contribution < 1.29 is 24.6 Å². The van der Waals surface area contributed by atoms with Gasteiger partial charge < -0.3 is 20.8 Å². The van der Waals surface area contributed by atoms with Crippen molar-refractivity contribution >= 4 is 18.0 Å². The van der Waals surface area contributed by atoms with Crippen LogP contribution in [0.5, 0.6) is 0 Å². The number of aliphatic carboxylic acids is 2. The molecule has 0 saturated carbocycles. The molecule has 18 heavy (non-hydrogen) atoms. The molecule has 0 aromatic rings. The quantitative estimate of drug-likeness (QED) is 0.479. The molecule has 2 amide bonds. The van der Waals surface area contributed by atoms with Gasteiger partial charge in [0.15, 0.2) is 0 Å². The van der Waals surface area contributed by atoms with E-state index in [1.807, 2.05) is 0 Å². The first kappa shape index (κ1) is 15.8. The zero-order valence-electron chi connectivity index (χ0n) is 9.97. The van der Waals surface area contributed by atoms with Gasteiger partial charge in [0.1, 0.15) is 6.04 Å². The highest BCUT2D eigenvalue weighted by Crippen LogP contribution is 1.98. The first-order chi connectivity index (χ1) is 8.36. The Morgan fingerprint density at radius 2 is 1.89 bits per heavy atom. The van der Waals surface area contributed by atoms with Gasteiger partial charge >= 0.3 is 18.0 Å². The maximum Gasteiger partial charge on any atom is 0.326 e. The number of rotatable bonds is 7. The van der Waals surface area contributed by atoms with Crippen molar-refractivity contribution in [3.63, 3.8) is 0 Å². The van der Waals surface area contributed by atoms with Crippen LogP contribution in [0.15, 0.2) is 0 Å². The number of hydrogen-bond acceptors (Lipinski definition) is 3. The van der Waals surface area contributed by atoms with Crippen LogP contribution >= 0.6 is 0 Å². The molecular formula is C11H16N2O5. The molecule has 0 aromatic carbocycles. The Morgan fingerprint density at radius 3 is 2.33 bits per heavy atom. The van der Waals surface area contributed by atoms with Gasteiger partial charge in [-0.15, -0.1) is 12.3 Å². The number of carboxylic acid groups (broad SMARTS) is 2. The van der Waals surface area contributed by atoms with Crippen LogP contribution in [0.1, 0.15) is 26.2 Å². The minimum Gasteiger partial charge on any atom is -0.481 e. The normalized spacial score (nSPS) is 12.9. The van der Waals surface area contributed by atoms with Crippen molar-refractivity contribution in [2.75, 3.05) is 0 Å². The van der Waals surface area contributed by atoms with E-state index in [1.165, 1.54) is 0 Å². The van der Waals surface area contributed by atoms with Crippen molar-refractivity contribution in [2.24, 2.45) is 0 Å². The predicted molar refractivity (Wildman–Crippen MR) is 62.9 cm³/mol. The van der Waals surface area contributed by atoms with E-state index in [-0.39, 0.29) is 18.9 Å². The molecule has 0 bridgehead atoms. The summed E-state index contributed by atoms with van der Waals surface area (Å²) in [6, 6.07) is -2.21. The molecule has 0 saturated heterocycles. The summed E-state index contributed by atoms with van der Waals surface area (Å²) in [6.45, 7) is 1.67.